The Balaban J connectivity index is 1.96. The number of fused-ring (bicyclic) bond motifs is 3. The van der Waals surface area contributed by atoms with Gasteiger partial charge in [-0.25, -0.2) is 9.97 Å². The number of aromatic nitrogens is 4. The largest absolute Gasteiger partial charge is 0.386 e. The van der Waals surface area contributed by atoms with E-state index in [1.165, 1.54) is 0 Å². The Morgan fingerprint density at radius 2 is 1.88 bits per heavy atom. The zero-order valence-electron chi connectivity index (χ0n) is 14.2. The summed E-state index contributed by atoms with van der Waals surface area (Å²) in [6.45, 7) is 5.43. The van der Waals surface area contributed by atoms with Gasteiger partial charge in [-0.05, 0) is 26.3 Å². The number of H-pyrrole nitrogens is 2. The lowest BCUT2D eigenvalue weighted by Gasteiger charge is -2.17. The van der Waals surface area contributed by atoms with Crippen LogP contribution in [0, 0.1) is 18.3 Å². The molecular weight excluding hydrogens is 314 g/mol. The maximum absolute atomic E-state index is 10.1. The molecule has 0 unspecified atom stereocenters. The van der Waals surface area contributed by atoms with Crippen molar-refractivity contribution in [2.75, 3.05) is 0 Å². The van der Waals surface area contributed by atoms with Crippen LogP contribution in [0.15, 0.2) is 30.5 Å². The number of nitrogens with one attached hydrogen (secondary N) is 2. The molecule has 4 aromatic rings. The molecular formula is C19H17N5O. The molecule has 124 valence electrons. The van der Waals surface area contributed by atoms with E-state index in [9.17, 15) is 10.4 Å². The Hall–Kier alpha value is -3.17. The van der Waals surface area contributed by atoms with Crippen molar-refractivity contribution in [1.29, 1.82) is 5.26 Å². The Morgan fingerprint density at radius 1 is 1.16 bits per heavy atom. The molecule has 0 bridgehead atoms. The average Bonchev–Trinajstić information content (AvgIpc) is 3.14. The lowest BCUT2D eigenvalue weighted by atomic mass is 9.96. The second-order valence-electron chi connectivity index (χ2n) is 6.70. The van der Waals surface area contributed by atoms with Crippen molar-refractivity contribution in [1.82, 2.24) is 20.2 Å². The van der Waals surface area contributed by atoms with Gasteiger partial charge in [0.15, 0.2) is 5.65 Å². The van der Waals surface area contributed by atoms with Gasteiger partial charge in [0.2, 0.25) is 0 Å². The molecule has 6 nitrogen and oxygen atoms in total. The first-order chi connectivity index (χ1) is 11.9. The number of nitrogens with zero attached hydrogens (tertiary/aromatic N) is 3. The molecule has 3 heterocycles. The molecule has 0 atom stereocenters. The normalized spacial score (nSPS) is 12.0. The average molecular weight is 331 g/mol. The van der Waals surface area contributed by atoms with Gasteiger partial charge in [0.25, 0.3) is 0 Å². The highest BCUT2D eigenvalue weighted by atomic mass is 16.3. The topological polar surface area (TPSA) is 101 Å². The van der Waals surface area contributed by atoms with Gasteiger partial charge in [-0.3, -0.25) is 5.10 Å². The number of benzene rings is 1. The minimum Gasteiger partial charge on any atom is -0.386 e. The number of aromatic amines is 2. The fourth-order valence-corrected chi connectivity index (χ4v) is 3.09. The highest BCUT2D eigenvalue weighted by molar-refractivity contribution is 6.08. The van der Waals surface area contributed by atoms with Gasteiger partial charge in [0.1, 0.15) is 6.07 Å². The fraction of sp³-hybridized carbons (Fsp3) is 0.211. The molecule has 0 aliphatic rings. The molecule has 0 fully saturated rings. The highest BCUT2D eigenvalue weighted by Gasteiger charge is 2.20. The summed E-state index contributed by atoms with van der Waals surface area (Å²) in [6, 6.07) is 9.73. The van der Waals surface area contributed by atoms with Crippen LogP contribution in [0.25, 0.3) is 33.2 Å². The van der Waals surface area contributed by atoms with Crippen LogP contribution in [0.2, 0.25) is 0 Å². The first kappa shape index (κ1) is 15.4. The molecule has 0 spiro atoms. The minimum atomic E-state index is -0.911. The van der Waals surface area contributed by atoms with Crippen molar-refractivity contribution < 1.29 is 5.11 Å². The van der Waals surface area contributed by atoms with Gasteiger partial charge >= 0.3 is 0 Å². The molecule has 25 heavy (non-hydrogen) atoms. The van der Waals surface area contributed by atoms with E-state index >= 15 is 0 Å². The zero-order valence-corrected chi connectivity index (χ0v) is 14.2. The van der Waals surface area contributed by atoms with E-state index in [0.717, 1.165) is 33.1 Å². The van der Waals surface area contributed by atoms with Crippen LogP contribution in [-0.4, -0.2) is 25.3 Å². The smallest absolute Gasteiger partial charge is 0.163 e. The molecule has 0 aliphatic carbocycles. The monoisotopic (exact) mass is 331 g/mol. The number of hydrogen-bond acceptors (Lipinski definition) is 4. The van der Waals surface area contributed by atoms with Crippen LogP contribution < -0.4 is 0 Å². The molecule has 0 saturated carbocycles. The standard InChI is InChI=1S/C19H17N5O/c1-10-14-9-21-18-15(17(14)24-23-10)13(8-20)16(22-18)11-4-6-12(7-5-11)19(2,3)25/h4-7,9,23-25H,1-3H3. The molecule has 3 N–H and O–H groups in total. The van der Waals surface area contributed by atoms with E-state index in [2.05, 4.69) is 26.2 Å². The number of aryl methyl sites for hydroxylation is 1. The van der Waals surface area contributed by atoms with Crippen LogP contribution in [0.3, 0.4) is 0 Å². The number of nitriles is 1. The van der Waals surface area contributed by atoms with Crippen LogP contribution in [0.1, 0.15) is 30.7 Å². The third kappa shape index (κ3) is 2.29. The van der Waals surface area contributed by atoms with E-state index in [4.69, 9.17) is 0 Å². The van der Waals surface area contributed by atoms with E-state index in [-0.39, 0.29) is 0 Å². The van der Waals surface area contributed by atoms with E-state index in [1.54, 1.807) is 20.0 Å². The van der Waals surface area contributed by atoms with Gasteiger partial charge in [-0.2, -0.15) is 5.26 Å². The second-order valence-corrected chi connectivity index (χ2v) is 6.70. The first-order valence-corrected chi connectivity index (χ1v) is 7.99. The molecule has 0 amide bonds. The number of rotatable bonds is 2. The molecule has 0 radical (unpaired) electrons. The maximum atomic E-state index is 10.1. The Kier molecular flexibility index (Phi) is 3.17. The maximum Gasteiger partial charge on any atom is 0.163 e. The SMILES string of the molecule is Cc1[nH][nH]c2c1cnc1nc(-c3ccc(C(C)(C)O)cc3)c(C#N)c12. The third-order valence-electron chi connectivity index (χ3n) is 4.52. The first-order valence-electron chi connectivity index (χ1n) is 7.99. The van der Waals surface area contributed by atoms with E-state index in [1.807, 2.05) is 31.2 Å². The van der Waals surface area contributed by atoms with E-state index in [0.29, 0.717) is 16.9 Å². The fourth-order valence-electron chi connectivity index (χ4n) is 3.09. The Morgan fingerprint density at radius 3 is 2.52 bits per heavy atom. The van der Waals surface area contributed by atoms with Crippen molar-refractivity contribution in [2.24, 2.45) is 0 Å². The Labute approximate surface area is 144 Å². The van der Waals surface area contributed by atoms with Gasteiger partial charge in [-0.15, -0.1) is 0 Å². The van der Waals surface area contributed by atoms with Crippen molar-refractivity contribution in [3.63, 3.8) is 0 Å². The van der Waals surface area contributed by atoms with Crippen LogP contribution >= 0.6 is 0 Å². The zero-order chi connectivity index (χ0) is 17.8. The highest BCUT2D eigenvalue weighted by Crippen LogP contribution is 2.34. The van der Waals surface area contributed by atoms with Gasteiger partial charge < -0.3 is 10.2 Å². The van der Waals surface area contributed by atoms with Gasteiger partial charge in [0, 0.05) is 22.8 Å². The molecule has 4 rings (SSSR count). The van der Waals surface area contributed by atoms with Crippen LogP contribution in [-0.2, 0) is 5.60 Å². The predicted molar refractivity (Wildman–Crippen MR) is 95.9 cm³/mol. The number of hydrogen-bond donors (Lipinski definition) is 3. The molecule has 1 aromatic carbocycles. The summed E-state index contributed by atoms with van der Waals surface area (Å²) in [5.74, 6) is 0. The molecule has 3 aromatic heterocycles. The number of pyridine rings is 1. The van der Waals surface area contributed by atoms with Crippen LogP contribution in [0.5, 0.6) is 0 Å². The second kappa shape index (κ2) is 5.16. The van der Waals surface area contributed by atoms with E-state index < -0.39 is 5.60 Å². The lowest BCUT2D eigenvalue weighted by Crippen LogP contribution is -2.14. The van der Waals surface area contributed by atoms with Gasteiger partial charge in [0.05, 0.1) is 27.8 Å². The summed E-state index contributed by atoms with van der Waals surface area (Å²) < 4.78 is 0. The molecule has 0 aliphatic heterocycles. The van der Waals surface area contributed by atoms with Gasteiger partial charge in [-0.1, -0.05) is 24.3 Å². The predicted octanol–water partition coefficient (Wildman–Crippen LogP) is 3.51. The third-order valence-corrected chi connectivity index (χ3v) is 4.52. The molecule has 6 heteroatoms. The minimum absolute atomic E-state index is 0.499. The van der Waals surface area contributed by atoms with Crippen molar-refractivity contribution in [3.8, 4) is 17.3 Å². The summed E-state index contributed by atoms with van der Waals surface area (Å²) in [6.07, 6.45) is 1.76. The lowest BCUT2D eigenvalue weighted by molar-refractivity contribution is 0.0786. The summed E-state index contributed by atoms with van der Waals surface area (Å²) in [7, 11) is 0. The molecule has 0 saturated heterocycles. The number of aliphatic hydroxyl groups is 1. The summed E-state index contributed by atoms with van der Waals surface area (Å²) in [5.41, 5.74) is 4.17. The van der Waals surface area contributed by atoms with Crippen molar-refractivity contribution in [2.45, 2.75) is 26.4 Å². The summed E-state index contributed by atoms with van der Waals surface area (Å²) in [5, 5.41) is 27.7. The summed E-state index contributed by atoms with van der Waals surface area (Å²) in [4.78, 5) is 8.99. The van der Waals surface area contributed by atoms with Crippen molar-refractivity contribution >= 4 is 21.9 Å². The summed E-state index contributed by atoms with van der Waals surface area (Å²) >= 11 is 0. The Bertz CT molecular complexity index is 1140. The quantitative estimate of drug-likeness (QED) is 0.523. The van der Waals surface area contributed by atoms with Crippen molar-refractivity contribution in [3.05, 3.63) is 47.3 Å². The van der Waals surface area contributed by atoms with Crippen LogP contribution in [0.4, 0.5) is 0 Å².